The molecule has 0 aliphatic heterocycles. The Balaban J connectivity index is 1.83. The SMILES string of the molecule is CC(=O)c1cccc(NC(=O)C(C)Sc2nc(-c3ccccc3)cc(C(F)(F)F)n2)c1. The molecule has 0 aliphatic carbocycles. The van der Waals surface area contributed by atoms with E-state index in [1.807, 2.05) is 0 Å². The third kappa shape index (κ3) is 5.91. The number of nitrogens with one attached hydrogen (secondary N) is 1. The van der Waals surface area contributed by atoms with Gasteiger partial charge in [-0.1, -0.05) is 54.2 Å². The Bertz CT molecular complexity index is 1100. The quantitative estimate of drug-likeness (QED) is 0.309. The molecule has 0 saturated heterocycles. The van der Waals surface area contributed by atoms with Crippen molar-refractivity contribution in [2.45, 2.75) is 30.4 Å². The molecule has 9 heteroatoms. The maximum absolute atomic E-state index is 13.3. The number of hydrogen-bond acceptors (Lipinski definition) is 5. The summed E-state index contributed by atoms with van der Waals surface area (Å²) < 4.78 is 40.0. The molecule has 0 spiro atoms. The molecule has 160 valence electrons. The third-order valence-electron chi connectivity index (χ3n) is 4.25. The highest BCUT2D eigenvalue weighted by Gasteiger charge is 2.34. The van der Waals surface area contributed by atoms with E-state index in [-0.39, 0.29) is 16.6 Å². The summed E-state index contributed by atoms with van der Waals surface area (Å²) in [6, 6.07) is 15.7. The van der Waals surface area contributed by atoms with E-state index >= 15 is 0 Å². The number of ketones is 1. The molecule has 1 atom stereocenters. The molecule has 3 aromatic rings. The number of halogens is 3. The van der Waals surface area contributed by atoms with Gasteiger partial charge in [0.05, 0.1) is 10.9 Å². The van der Waals surface area contributed by atoms with Crippen LogP contribution in [0.2, 0.25) is 0 Å². The highest BCUT2D eigenvalue weighted by molar-refractivity contribution is 8.00. The summed E-state index contributed by atoms with van der Waals surface area (Å²) >= 11 is 0.819. The molecule has 1 amide bonds. The predicted molar refractivity (Wildman–Crippen MR) is 113 cm³/mol. The Morgan fingerprint density at radius 1 is 1.00 bits per heavy atom. The van der Waals surface area contributed by atoms with Gasteiger partial charge in [-0.3, -0.25) is 9.59 Å². The van der Waals surface area contributed by atoms with Crippen LogP contribution in [0.1, 0.15) is 29.9 Å². The first kappa shape index (κ1) is 22.5. The number of carbonyl (C=O) groups is 2. The number of rotatable bonds is 6. The topological polar surface area (TPSA) is 72.0 Å². The van der Waals surface area contributed by atoms with Gasteiger partial charge >= 0.3 is 6.18 Å². The van der Waals surface area contributed by atoms with Crippen LogP contribution in [0.25, 0.3) is 11.3 Å². The number of aromatic nitrogens is 2. The molecular weight excluding hydrogens is 427 g/mol. The number of nitrogens with zero attached hydrogens (tertiary/aromatic N) is 2. The summed E-state index contributed by atoms with van der Waals surface area (Å²) in [6.07, 6.45) is -4.65. The maximum Gasteiger partial charge on any atom is 0.433 e. The molecule has 1 unspecified atom stereocenters. The van der Waals surface area contributed by atoms with Crippen molar-refractivity contribution in [3.05, 3.63) is 71.9 Å². The number of Topliss-reactive ketones (excluding diaryl/α,β-unsaturated/α-hetero) is 1. The fourth-order valence-electron chi connectivity index (χ4n) is 2.65. The zero-order valence-electron chi connectivity index (χ0n) is 16.6. The summed E-state index contributed by atoms with van der Waals surface area (Å²) in [4.78, 5) is 31.8. The van der Waals surface area contributed by atoms with Crippen LogP contribution < -0.4 is 5.32 Å². The fourth-order valence-corrected chi connectivity index (χ4v) is 3.44. The van der Waals surface area contributed by atoms with Crippen LogP contribution in [0.5, 0.6) is 0 Å². The lowest BCUT2D eigenvalue weighted by Gasteiger charge is -2.14. The summed E-state index contributed by atoms with van der Waals surface area (Å²) in [5, 5.41) is 1.72. The molecule has 3 rings (SSSR count). The Kier molecular flexibility index (Phi) is 6.74. The van der Waals surface area contributed by atoms with Crippen LogP contribution in [-0.4, -0.2) is 26.9 Å². The van der Waals surface area contributed by atoms with Crippen molar-refractivity contribution in [3.63, 3.8) is 0 Å². The predicted octanol–water partition coefficient (Wildman–Crippen LogP) is 5.48. The van der Waals surface area contributed by atoms with Crippen molar-refractivity contribution in [1.29, 1.82) is 0 Å². The van der Waals surface area contributed by atoms with Crippen molar-refractivity contribution in [1.82, 2.24) is 9.97 Å². The monoisotopic (exact) mass is 445 g/mol. The van der Waals surface area contributed by atoms with E-state index in [1.165, 1.54) is 13.0 Å². The van der Waals surface area contributed by atoms with Crippen LogP contribution in [-0.2, 0) is 11.0 Å². The summed E-state index contributed by atoms with van der Waals surface area (Å²) in [7, 11) is 0. The van der Waals surface area contributed by atoms with Gasteiger partial charge in [0.1, 0.15) is 5.69 Å². The molecule has 1 N–H and O–H groups in total. The van der Waals surface area contributed by atoms with Gasteiger partial charge in [0, 0.05) is 16.8 Å². The van der Waals surface area contributed by atoms with Crippen LogP contribution in [0.4, 0.5) is 18.9 Å². The molecule has 2 aromatic carbocycles. The Hall–Kier alpha value is -3.20. The van der Waals surface area contributed by atoms with E-state index in [4.69, 9.17) is 0 Å². The fraction of sp³-hybridized carbons (Fsp3) is 0.182. The minimum Gasteiger partial charge on any atom is -0.325 e. The Morgan fingerprint density at radius 2 is 1.71 bits per heavy atom. The van der Waals surface area contributed by atoms with Gasteiger partial charge in [-0.05, 0) is 32.0 Å². The van der Waals surface area contributed by atoms with Gasteiger partial charge < -0.3 is 5.32 Å². The molecule has 0 saturated carbocycles. The van der Waals surface area contributed by atoms with Crippen LogP contribution in [0.3, 0.4) is 0 Å². The number of amides is 1. The molecular formula is C22H18F3N3O2S. The average Bonchev–Trinajstić information content (AvgIpc) is 2.73. The number of alkyl halides is 3. The van der Waals surface area contributed by atoms with E-state index < -0.39 is 23.0 Å². The lowest BCUT2D eigenvalue weighted by molar-refractivity contribution is -0.141. The van der Waals surface area contributed by atoms with E-state index in [2.05, 4.69) is 15.3 Å². The van der Waals surface area contributed by atoms with Crippen LogP contribution in [0, 0.1) is 0 Å². The molecule has 0 fully saturated rings. The smallest absolute Gasteiger partial charge is 0.325 e. The van der Waals surface area contributed by atoms with Gasteiger partial charge in [-0.15, -0.1) is 0 Å². The molecule has 1 heterocycles. The lowest BCUT2D eigenvalue weighted by atomic mass is 10.1. The largest absolute Gasteiger partial charge is 0.433 e. The second kappa shape index (κ2) is 9.30. The summed E-state index contributed by atoms with van der Waals surface area (Å²) in [6.45, 7) is 2.95. The molecule has 0 radical (unpaired) electrons. The summed E-state index contributed by atoms with van der Waals surface area (Å²) in [5.74, 6) is -0.600. The number of anilines is 1. The number of benzene rings is 2. The minimum atomic E-state index is -4.65. The van der Waals surface area contributed by atoms with Crippen LogP contribution >= 0.6 is 11.8 Å². The van der Waals surface area contributed by atoms with Gasteiger partial charge in [-0.2, -0.15) is 13.2 Å². The first-order valence-corrected chi connectivity index (χ1v) is 10.1. The molecule has 0 bridgehead atoms. The Morgan fingerprint density at radius 3 is 2.35 bits per heavy atom. The molecule has 1 aromatic heterocycles. The maximum atomic E-state index is 13.3. The first-order valence-electron chi connectivity index (χ1n) is 9.23. The lowest BCUT2D eigenvalue weighted by Crippen LogP contribution is -2.23. The first-order chi connectivity index (χ1) is 14.6. The van der Waals surface area contributed by atoms with Crippen molar-refractivity contribution in [2.24, 2.45) is 0 Å². The normalized spacial score (nSPS) is 12.3. The van der Waals surface area contributed by atoms with Gasteiger partial charge in [0.2, 0.25) is 5.91 Å². The van der Waals surface area contributed by atoms with Crippen molar-refractivity contribution >= 4 is 29.1 Å². The molecule has 0 aliphatic rings. The van der Waals surface area contributed by atoms with E-state index in [0.717, 1.165) is 17.8 Å². The second-order valence-corrected chi connectivity index (χ2v) is 7.98. The standard InChI is InChI=1S/C22H18F3N3O2S/c1-13(29)16-9-6-10-17(11-16)26-20(30)14(2)31-21-27-18(15-7-4-3-5-8-15)12-19(28-21)22(23,24)25/h3-12,14H,1-2H3,(H,26,30). The van der Waals surface area contributed by atoms with E-state index in [9.17, 15) is 22.8 Å². The van der Waals surface area contributed by atoms with Gasteiger partial charge in [0.15, 0.2) is 10.9 Å². The minimum absolute atomic E-state index is 0.118. The molecule has 5 nitrogen and oxygen atoms in total. The van der Waals surface area contributed by atoms with Crippen molar-refractivity contribution in [2.75, 3.05) is 5.32 Å². The van der Waals surface area contributed by atoms with Crippen molar-refractivity contribution in [3.8, 4) is 11.3 Å². The number of carbonyl (C=O) groups excluding carboxylic acids is 2. The third-order valence-corrected chi connectivity index (χ3v) is 5.21. The van der Waals surface area contributed by atoms with Crippen molar-refractivity contribution < 1.29 is 22.8 Å². The van der Waals surface area contributed by atoms with Crippen LogP contribution in [0.15, 0.2) is 65.8 Å². The second-order valence-electron chi connectivity index (χ2n) is 6.67. The van der Waals surface area contributed by atoms with Gasteiger partial charge in [0.25, 0.3) is 0 Å². The number of hydrogen-bond donors (Lipinski definition) is 1. The highest BCUT2D eigenvalue weighted by Crippen LogP contribution is 2.33. The average molecular weight is 445 g/mol. The zero-order chi connectivity index (χ0) is 22.6. The van der Waals surface area contributed by atoms with E-state index in [1.54, 1.807) is 55.5 Å². The van der Waals surface area contributed by atoms with Gasteiger partial charge in [-0.25, -0.2) is 9.97 Å². The van der Waals surface area contributed by atoms with E-state index in [0.29, 0.717) is 16.8 Å². The highest BCUT2D eigenvalue weighted by atomic mass is 32.2. The number of thioether (sulfide) groups is 1. The summed E-state index contributed by atoms with van der Waals surface area (Å²) in [5.41, 5.74) is 0.403. The molecule has 31 heavy (non-hydrogen) atoms. The zero-order valence-corrected chi connectivity index (χ0v) is 17.4. The Labute approximate surface area is 181 Å².